The summed E-state index contributed by atoms with van der Waals surface area (Å²) in [7, 11) is 1.23. The van der Waals surface area contributed by atoms with Gasteiger partial charge >= 0.3 is 5.97 Å². The number of nitrogens with zero attached hydrogens (tertiary/aromatic N) is 1. The molecule has 36 heavy (non-hydrogen) atoms. The van der Waals surface area contributed by atoms with E-state index >= 15 is 4.39 Å². The Labute approximate surface area is 210 Å². The average Bonchev–Trinajstić information content (AvgIpc) is 3.26. The van der Waals surface area contributed by atoms with Crippen molar-refractivity contribution in [3.05, 3.63) is 75.9 Å². The zero-order chi connectivity index (χ0) is 26.0. The zero-order valence-corrected chi connectivity index (χ0v) is 20.4. The van der Waals surface area contributed by atoms with Gasteiger partial charge in [-0.05, 0) is 37.1 Å². The molecule has 0 spiro atoms. The molecule has 188 valence electrons. The number of aryl methyl sites for hydroxylation is 1. The SMILES string of the molecule is COC(=O)c1c(Cl)cccc1-c1ccc([C@@H](C)NC(=O)C2(NC(=O)c3cc(C)no3)COC2)c(F)c1. The maximum Gasteiger partial charge on any atom is 0.340 e. The van der Waals surface area contributed by atoms with Gasteiger partial charge in [-0.2, -0.15) is 0 Å². The van der Waals surface area contributed by atoms with E-state index in [0.29, 0.717) is 16.8 Å². The van der Waals surface area contributed by atoms with E-state index < -0.39 is 35.2 Å². The van der Waals surface area contributed by atoms with Crippen molar-refractivity contribution in [3.63, 3.8) is 0 Å². The Bertz CT molecular complexity index is 1340. The lowest BCUT2D eigenvalue weighted by Crippen LogP contribution is -2.70. The predicted molar refractivity (Wildman–Crippen MR) is 127 cm³/mol. The van der Waals surface area contributed by atoms with Crippen LogP contribution in [-0.4, -0.2) is 48.8 Å². The van der Waals surface area contributed by atoms with Crippen LogP contribution in [0.25, 0.3) is 11.1 Å². The van der Waals surface area contributed by atoms with E-state index in [9.17, 15) is 14.4 Å². The molecule has 3 aromatic rings. The molecule has 2 aromatic carbocycles. The van der Waals surface area contributed by atoms with Gasteiger partial charge in [0.05, 0.1) is 42.6 Å². The second-order valence-electron chi connectivity index (χ2n) is 8.45. The average molecular weight is 516 g/mol. The summed E-state index contributed by atoms with van der Waals surface area (Å²) in [4.78, 5) is 37.8. The van der Waals surface area contributed by atoms with E-state index in [4.69, 9.17) is 25.6 Å². The van der Waals surface area contributed by atoms with Gasteiger partial charge in [0.2, 0.25) is 5.76 Å². The summed E-state index contributed by atoms with van der Waals surface area (Å²) in [6.45, 7) is 3.19. The number of aromatic nitrogens is 1. The predicted octanol–water partition coefficient (Wildman–Crippen LogP) is 3.61. The Kier molecular flexibility index (Phi) is 7.09. The third kappa shape index (κ3) is 4.82. The highest BCUT2D eigenvalue weighted by Gasteiger charge is 2.48. The minimum atomic E-state index is -1.32. The normalized spacial score (nSPS) is 14.9. The van der Waals surface area contributed by atoms with E-state index in [1.807, 2.05) is 0 Å². The second-order valence-corrected chi connectivity index (χ2v) is 8.85. The van der Waals surface area contributed by atoms with Crippen molar-refractivity contribution >= 4 is 29.4 Å². The molecule has 0 radical (unpaired) electrons. The van der Waals surface area contributed by atoms with Crippen LogP contribution >= 0.6 is 11.6 Å². The fourth-order valence-electron chi connectivity index (χ4n) is 3.85. The maximum atomic E-state index is 15.2. The van der Waals surface area contributed by atoms with Crippen molar-refractivity contribution in [2.45, 2.75) is 25.4 Å². The van der Waals surface area contributed by atoms with Crippen LogP contribution in [0.15, 0.2) is 47.0 Å². The molecule has 0 unspecified atom stereocenters. The molecular formula is C25H23ClFN3O6. The maximum absolute atomic E-state index is 15.2. The number of ether oxygens (including phenoxy) is 2. The molecule has 1 saturated heterocycles. The Morgan fingerprint density at radius 3 is 2.53 bits per heavy atom. The second kappa shape index (κ2) is 10.1. The molecule has 1 aliphatic heterocycles. The smallest absolute Gasteiger partial charge is 0.340 e. The number of carbonyl (C=O) groups is 3. The van der Waals surface area contributed by atoms with Gasteiger partial charge in [-0.1, -0.05) is 41.0 Å². The highest BCUT2D eigenvalue weighted by molar-refractivity contribution is 6.34. The Balaban J connectivity index is 1.52. The number of benzene rings is 2. The lowest BCUT2D eigenvalue weighted by atomic mass is 9.94. The van der Waals surface area contributed by atoms with Crippen LogP contribution in [0.4, 0.5) is 4.39 Å². The molecule has 4 rings (SSSR count). The molecule has 11 heteroatoms. The van der Waals surface area contributed by atoms with Gasteiger partial charge in [0.1, 0.15) is 5.82 Å². The molecule has 2 amide bonds. The van der Waals surface area contributed by atoms with Crippen LogP contribution in [-0.2, 0) is 14.3 Å². The topological polar surface area (TPSA) is 120 Å². The number of hydrogen-bond acceptors (Lipinski definition) is 7. The molecule has 9 nitrogen and oxygen atoms in total. The minimum Gasteiger partial charge on any atom is -0.465 e. The minimum absolute atomic E-state index is 0.0337. The number of amides is 2. The molecule has 1 aromatic heterocycles. The van der Waals surface area contributed by atoms with Crippen molar-refractivity contribution in [3.8, 4) is 11.1 Å². The summed E-state index contributed by atoms with van der Waals surface area (Å²) >= 11 is 6.18. The van der Waals surface area contributed by atoms with E-state index in [-0.39, 0.29) is 35.1 Å². The van der Waals surface area contributed by atoms with Gasteiger partial charge in [-0.3, -0.25) is 9.59 Å². The number of rotatable bonds is 7. The summed E-state index contributed by atoms with van der Waals surface area (Å²) in [5.41, 5.74) is 0.357. The van der Waals surface area contributed by atoms with Crippen LogP contribution in [0.2, 0.25) is 5.02 Å². The van der Waals surface area contributed by atoms with Gasteiger partial charge in [-0.15, -0.1) is 0 Å². The first kappa shape index (κ1) is 25.3. The van der Waals surface area contributed by atoms with Gasteiger partial charge < -0.3 is 24.6 Å². The van der Waals surface area contributed by atoms with Crippen LogP contribution in [0.5, 0.6) is 0 Å². The van der Waals surface area contributed by atoms with Crippen LogP contribution in [0.1, 0.15) is 45.1 Å². The highest BCUT2D eigenvalue weighted by Crippen LogP contribution is 2.32. The molecule has 1 aliphatic rings. The van der Waals surface area contributed by atoms with E-state index in [0.717, 1.165) is 0 Å². The largest absolute Gasteiger partial charge is 0.465 e. The summed E-state index contributed by atoms with van der Waals surface area (Å²) < 4.78 is 30.1. The molecule has 1 atom stereocenters. The van der Waals surface area contributed by atoms with E-state index in [2.05, 4.69) is 15.8 Å². The lowest BCUT2D eigenvalue weighted by Gasteiger charge is -2.40. The first-order valence-electron chi connectivity index (χ1n) is 11.0. The molecule has 2 N–H and O–H groups in total. The molecule has 1 fully saturated rings. The Morgan fingerprint density at radius 2 is 1.94 bits per heavy atom. The third-order valence-corrected chi connectivity index (χ3v) is 6.18. The number of methoxy groups -OCH3 is 1. The molecule has 0 saturated carbocycles. The van der Waals surface area contributed by atoms with E-state index in [1.54, 1.807) is 38.1 Å². The standard InChI is InChI=1S/C25H23ClFN3O6/c1-13-9-20(36-30-13)22(31)29-25(11-35-12-25)24(33)28-14(2)16-8-7-15(10-19(16)27)17-5-4-6-18(26)21(17)23(32)34-3/h4-10,14H,11-12H2,1-3H3,(H,28,33)(H,29,31)/t14-/m1/s1. The first-order valence-corrected chi connectivity index (χ1v) is 11.3. The van der Waals surface area contributed by atoms with Crippen LogP contribution in [0, 0.1) is 12.7 Å². The molecule has 0 bridgehead atoms. The molecule has 0 aliphatic carbocycles. The van der Waals surface area contributed by atoms with Crippen molar-refractivity contribution in [2.75, 3.05) is 20.3 Å². The molecule has 2 heterocycles. The van der Waals surface area contributed by atoms with Crippen molar-refractivity contribution in [1.82, 2.24) is 15.8 Å². The van der Waals surface area contributed by atoms with Gasteiger partial charge in [0.15, 0.2) is 5.54 Å². The number of halogens is 2. The lowest BCUT2D eigenvalue weighted by molar-refractivity contribution is -0.147. The van der Waals surface area contributed by atoms with Crippen LogP contribution in [0.3, 0.4) is 0 Å². The number of hydrogen-bond donors (Lipinski definition) is 2. The quantitative estimate of drug-likeness (QED) is 0.461. The van der Waals surface area contributed by atoms with E-state index in [1.165, 1.54) is 25.3 Å². The summed E-state index contributed by atoms with van der Waals surface area (Å²) in [6, 6.07) is 9.92. The fourth-order valence-corrected chi connectivity index (χ4v) is 4.10. The summed E-state index contributed by atoms with van der Waals surface area (Å²) in [6.07, 6.45) is 0. The first-order chi connectivity index (χ1) is 17.1. The monoisotopic (exact) mass is 515 g/mol. The number of nitrogens with one attached hydrogen (secondary N) is 2. The van der Waals surface area contributed by atoms with Crippen LogP contribution < -0.4 is 10.6 Å². The van der Waals surface area contributed by atoms with Crippen molar-refractivity contribution < 1.29 is 32.8 Å². The molecular weight excluding hydrogens is 493 g/mol. The van der Waals surface area contributed by atoms with Crippen molar-refractivity contribution in [1.29, 1.82) is 0 Å². The van der Waals surface area contributed by atoms with Crippen molar-refractivity contribution in [2.24, 2.45) is 0 Å². The third-order valence-electron chi connectivity index (χ3n) is 5.86. The summed E-state index contributed by atoms with van der Waals surface area (Å²) in [5.74, 6) is -2.42. The Hall–Kier alpha value is -3.76. The van der Waals surface area contributed by atoms with Gasteiger partial charge in [0, 0.05) is 11.6 Å². The highest BCUT2D eigenvalue weighted by atomic mass is 35.5. The van der Waals surface area contributed by atoms with Gasteiger partial charge in [0.25, 0.3) is 11.8 Å². The van der Waals surface area contributed by atoms with Gasteiger partial charge in [-0.25, -0.2) is 9.18 Å². The number of esters is 1. The summed E-state index contributed by atoms with van der Waals surface area (Å²) in [5, 5.41) is 9.21. The Morgan fingerprint density at radius 1 is 1.19 bits per heavy atom. The fraction of sp³-hybridized carbons (Fsp3) is 0.280. The zero-order valence-electron chi connectivity index (χ0n) is 19.7. The number of carbonyl (C=O) groups excluding carboxylic acids is 3.